The molecule has 0 fully saturated rings. The van der Waals surface area contributed by atoms with Crippen molar-refractivity contribution in [1.82, 2.24) is 10.2 Å². The SMILES string of the molecule is CCN(C)CCNC(=O)c1ccc(NC)cc1. The van der Waals surface area contributed by atoms with Crippen molar-refractivity contribution in [3.8, 4) is 0 Å². The zero-order chi connectivity index (χ0) is 12.7. The highest BCUT2D eigenvalue weighted by molar-refractivity contribution is 5.94. The summed E-state index contributed by atoms with van der Waals surface area (Å²) in [4.78, 5) is 13.9. The predicted molar refractivity (Wildman–Crippen MR) is 71.5 cm³/mol. The molecule has 2 N–H and O–H groups in total. The van der Waals surface area contributed by atoms with Gasteiger partial charge in [0.25, 0.3) is 5.91 Å². The molecule has 1 rings (SSSR count). The maximum Gasteiger partial charge on any atom is 0.251 e. The molecule has 0 aliphatic rings. The molecule has 0 aliphatic carbocycles. The van der Waals surface area contributed by atoms with Gasteiger partial charge in [0.2, 0.25) is 0 Å². The quantitative estimate of drug-likeness (QED) is 0.783. The van der Waals surface area contributed by atoms with E-state index in [2.05, 4.69) is 22.5 Å². The van der Waals surface area contributed by atoms with Crippen LogP contribution in [0.1, 0.15) is 17.3 Å². The fourth-order valence-corrected chi connectivity index (χ4v) is 1.41. The van der Waals surface area contributed by atoms with Crippen LogP contribution < -0.4 is 10.6 Å². The second-order valence-electron chi connectivity index (χ2n) is 3.98. The van der Waals surface area contributed by atoms with Crippen molar-refractivity contribution in [2.24, 2.45) is 0 Å². The number of nitrogens with one attached hydrogen (secondary N) is 2. The second kappa shape index (κ2) is 6.91. The lowest BCUT2D eigenvalue weighted by atomic mass is 10.2. The topological polar surface area (TPSA) is 44.4 Å². The third kappa shape index (κ3) is 4.44. The summed E-state index contributed by atoms with van der Waals surface area (Å²) in [5.41, 5.74) is 1.70. The van der Waals surface area contributed by atoms with Gasteiger partial charge in [-0.25, -0.2) is 0 Å². The van der Waals surface area contributed by atoms with Crippen LogP contribution in [0.15, 0.2) is 24.3 Å². The second-order valence-corrected chi connectivity index (χ2v) is 3.98. The van der Waals surface area contributed by atoms with E-state index >= 15 is 0 Å². The molecule has 1 aromatic rings. The number of likely N-dealkylation sites (N-methyl/N-ethyl adjacent to an activating group) is 1. The number of anilines is 1. The van der Waals surface area contributed by atoms with Crippen LogP contribution in [0.25, 0.3) is 0 Å². The van der Waals surface area contributed by atoms with Gasteiger partial charge in [-0.2, -0.15) is 0 Å². The summed E-state index contributed by atoms with van der Waals surface area (Å²) in [5, 5.41) is 5.92. The van der Waals surface area contributed by atoms with Crippen molar-refractivity contribution in [2.75, 3.05) is 39.0 Å². The van der Waals surface area contributed by atoms with Crippen molar-refractivity contribution in [1.29, 1.82) is 0 Å². The number of rotatable bonds is 6. The molecular formula is C13H21N3O. The largest absolute Gasteiger partial charge is 0.388 e. The molecule has 0 saturated heterocycles. The molecule has 4 heteroatoms. The van der Waals surface area contributed by atoms with Crippen LogP contribution in [-0.2, 0) is 0 Å². The van der Waals surface area contributed by atoms with Gasteiger partial charge in [-0.05, 0) is 37.9 Å². The summed E-state index contributed by atoms with van der Waals surface area (Å²) in [6.07, 6.45) is 0. The van der Waals surface area contributed by atoms with Gasteiger partial charge in [0.1, 0.15) is 0 Å². The van der Waals surface area contributed by atoms with Crippen molar-refractivity contribution < 1.29 is 4.79 Å². The van der Waals surface area contributed by atoms with Gasteiger partial charge in [0.15, 0.2) is 0 Å². The molecule has 0 unspecified atom stereocenters. The average molecular weight is 235 g/mol. The number of amides is 1. The van der Waals surface area contributed by atoms with E-state index < -0.39 is 0 Å². The van der Waals surface area contributed by atoms with Crippen LogP contribution in [0.4, 0.5) is 5.69 Å². The van der Waals surface area contributed by atoms with Crippen molar-refractivity contribution in [2.45, 2.75) is 6.92 Å². The molecule has 0 bridgehead atoms. The minimum absolute atomic E-state index is 0.0165. The molecule has 4 nitrogen and oxygen atoms in total. The molecular weight excluding hydrogens is 214 g/mol. The van der Waals surface area contributed by atoms with Crippen LogP contribution in [0.2, 0.25) is 0 Å². The highest BCUT2D eigenvalue weighted by atomic mass is 16.1. The Morgan fingerprint density at radius 1 is 1.29 bits per heavy atom. The molecule has 0 radical (unpaired) electrons. The Kier molecular flexibility index (Phi) is 5.49. The Morgan fingerprint density at radius 2 is 1.94 bits per heavy atom. The van der Waals surface area contributed by atoms with Crippen LogP contribution >= 0.6 is 0 Å². The minimum Gasteiger partial charge on any atom is -0.388 e. The van der Waals surface area contributed by atoms with Crippen LogP contribution in [0, 0.1) is 0 Å². The van der Waals surface area contributed by atoms with Gasteiger partial charge in [-0.1, -0.05) is 6.92 Å². The van der Waals surface area contributed by atoms with Crippen LogP contribution in [0.3, 0.4) is 0 Å². The Balaban J connectivity index is 2.41. The fraction of sp³-hybridized carbons (Fsp3) is 0.462. The number of benzene rings is 1. The summed E-state index contributed by atoms with van der Waals surface area (Å²) in [6.45, 7) is 4.64. The van der Waals surface area contributed by atoms with Crippen LogP contribution in [0.5, 0.6) is 0 Å². The summed E-state index contributed by atoms with van der Waals surface area (Å²) in [5.74, 6) is -0.0165. The van der Waals surface area contributed by atoms with Gasteiger partial charge in [-0.3, -0.25) is 4.79 Å². The van der Waals surface area contributed by atoms with Gasteiger partial charge >= 0.3 is 0 Å². The predicted octanol–water partition coefficient (Wildman–Crippen LogP) is 1.41. The summed E-state index contributed by atoms with van der Waals surface area (Å²) >= 11 is 0. The lowest BCUT2D eigenvalue weighted by molar-refractivity contribution is 0.0950. The summed E-state index contributed by atoms with van der Waals surface area (Å²) in [6, 6.07) is 7.44. The highest BCUT2D eigenvalue weighted by Gasteiger charge is 2.04. The molecule has 17 heavy (non-hydrogen) atoms. The zero-order valence-electron chi connectivity index (χ0n) is 10.8. The van der Waals surface area contributed by atoms with E-state index in [1.54, 1.807) is 0 Å². The molecule has 0 spiro atoms. The lowest BCUT2D eigenvalue weighted by Gasteiger charge is -2.14. The molecule has 1 amide bonds. The Bertz CT molecular complexity index is 348. The van der Waals surface area contributed by atoms with Gasteiger partial charge in [-0.15, -0.1) is 0 Å². The minimum atomic E-state index is -0.0165. The maximum absolute atomic E-state index is 11.8. The number of hydrogen-bond acceptors (Lipinski definition) is 3. The molecule has 0 aliphatic heterocycles. The van der Waals surface area contributed by atoms with Crippen molar-refractivity contribution in [3.05, 3.63) is 29.8 Å². The monoisotopic (exact) mass is 235 g/mol. The van der Waals surface area contributed by atoms with E-state index in [9.17, 15) is 4.79 Å². The first-order valence-electron chi connectivity index (χ1n) is 5.92. The maximum atomic E-state index is 11.8. The van der Waals surface area contributed by atoms with E-state index in [-0.39, 0.29) is 5.91 Å². The van der Waals surface area contributed by atoms with E-state index in [4.69, 9.17) is 0 Å². The van der Waals surface area contributed by atoms with E-state index in [1.807, 2.05) is 38.4 Å². The van der Waals surface area contributed by atoms with Gasteiger partial charge in [0.05, 0.1) is 0 Å². The van der Waals surface area contributed by atoms with Gasteiger partial charge < -0.3 is 15.5 Å². The third-order valence-electron chi connectivity index (χ3n) is 2.75. The standard InChI is InChI=1S/C13H21N3O/c1-4-16(3)10-9-15-13(17)11-5-7-12(14-2)8-6-11/h5-8,14H,4,9-10H2,1-3H3,(H,15,17). The smallest absolute Gasteiger partial charge is 0.251 e. The molecule has 0 heterocycles. The molecule has 94 valence electrons. The average Bonchev–Trinajstić information content (AvgIpc) is 2.38. The Labute approximate surface area is 103 Å². The third-order valence-corrected chi connectivity index (χ3v) is 2.75. The fourth-order valence-electron chi connectivity index (χ4n) is 1.41. The van der Waals surface area contributed by atoms with Crippen LogP contribution in [-0.4, -0.2) is 44.5 Å². The number of hydrogen-bond donors (Lipinski definition) is 2. The number of nitrogens with zero attached hydrogens (tertiary/aromatic N) is 1. The number of carbonyl (C=O) groups is 1. The Hall–Kier alpha value is -1.55. The van der Waals surface area contributed by atoms with Crippen molar-refractivity contribution in [3.63, 3.8) is 0 Å². The van der Waals surface area contributed by atoms with E-state index in [0.29, 0.717) is 12.1 Å². The lowest BCUT2D eigenvalue weighted by Crippen LogP contribution is -2.32. The molecule has 0 atom stereocenters. The molecule has 1 aromatic carbocycles. The molecule has 0 saturated carbocycles. The first kappa shape index (κ1) is 13.5. The zero-order valence-corrected chi connectivity index (χ0v) is 10.8. The Morgan fingerprint density at radius 3 is 2.47 bits per heavy atom. The normalized spacial score (nSPS) is 10.4. The molecule has 0 aromatic heterocycles. The van der Waals surface area contributed by atoms with E-state index in [0.717, 1.165) is 18.8 Å². The van der Waals surface area contributed by atoms with Gasteiger partial charge in [0, 0.05) is 31.4 Å². The summed E-state index contributed by atoms with van der Waals surface area (Å²) < 4.78 is 0. The first-order valence-corrected chi connectivity index (χ1v) is 5.92. The number of carbonyl (C=O) groups excluding carboxylic acids is 1. The first-order chi connectivity index (χ1) is 8.17. The van der Waals surface area contributed by atoms with Crippen molar-refractivity contribution >= 4 is 11.6 Å². The summed E-state index contributed by atoms with van der Waals surface area (Å²) in [7, 11) is 3.89. The highest BCUT2D eigenvalue weighted by Crippen LogP contribution is 2.08. The van der Waals surface area contributed by atoms with E-state index in [1.165, 1.54) is 0 Å².